The molecule has 0 aromatic heterocycles. The van der Waals surface area contributed by atoms with E-state index in [4.69, 9.17) is 0 Å². The lowest BCUT2D eigenvalue weighted by Gasteiger charge is -2.08. The maximum atomic E-state index is 2.30. The summed E-state index contributed by atoms with van der Waals surface area (Å²) in [6, 6.07) is 8.60. The summed E-state index contributed by atoms with van der Waals surface area (Å²) >= 11 is 0. The number of aryl methyl sites for hydroxylation is 1. The van der Waals surface area contributed by atoms with Gasteiger partial charge in [0.05, 0.1) is 0 Å². The maximum Gasteiger partial charge on any atom is -0.0224 e. The minimum absolute atomic E-state index is 0.691. The van der Waals surface area contributed by atoms with Crippen LogP contribution in [0.1, 0.15) is 24.5 Å². The summed E-state index contributed by atoms with van der Waals surface area (Å²) < 4.78 is 0. The second-order valence-corrected chi connectivity index (χ2v) is 4.52. The molecule has 1 aromatic rings. The summed E-state index contributed by atoms with van der Waals surface area (Å²) in [7, 11) is 0. The van der Waals surface area contributed by atoms with E-state index in [-0.39, 0.29) is 0 Å². The predicted molar refractivity (Wildman–Crippen MR) is 71.2 cm³/mol. The van der Waals surface area contributed by atoms with E-state index in [0.717, 1.165) is 6.42 Å². The van der Waals surface area contributed by atoms with Gasteiger partial charge < -0.3 is 0 Å². The summed E-state index contributed by atoms with van der Waals surface area (Å²) in [6.07, 6.45) is 12.3. The molecule has 0 aliphatic heterocycles. The molecule has 0 saturated heterocycles. The van der Waals surface area contributed by atoms with Crippen LogP contribution in [0, 0.1) is 12.8 Å². The van der Waals surface area contributed by atoms with Crippen LogP contribution in [-0.4, -0.2) is 0 Å². The van der Waals surface area contributed by atoms with Gasteiger partial charge in [-0.05, 0) is 30.4 Å². The zero-order chi connectivity index (χ0) is 11.4. The van der Waals surface area contributed by atoms with Crippen LogP contribution in [0.3, 0.4) is 0 Å². The molecule has 0 spiro atoms. The van der Waals surface area contributed by atoms with Crippen molar-refractivity contribution in [1.82, 2.24) is 0 Å². The fraction of sp³-hybridized carbons (Fsp3) is 0.250. The van der Waals surface area contributed by atoms with Crippen LogP contribution >= 0.6 is 0 Å². The Balaban J connectivity index is 2.05. The Kier molecular flexibility index (Phi) is 3.40. The third-order valence-corrected chi connectivity index (χ3v) is 2.89. The van der Waals surface area contributed by atoms with Crippen molar-refractivity contribution in [3.8, 4) is 0 Å². The molecule has 0 N–H and O–H groups in total. The van der Waals surface area contributed by atoms with Crippen molar-refractivity contribution in [1.29, 1.82) is 0 Å². The molecule has 1 aliphatic carbocycles. The van der Waals surface area contributed by atoms with E-state index in [9.17, 15) is 0 Å². The monoisotopic (exact) mass is 210 g/mol. The van der Waals surface area contributed by atoms with Gasteiger partial charge in [0.2, 0.25) is 0 Å². The first-order valence-corrected chi connectivity index (χ1v) is 5.87. The zero-order valence-corrected chi connectivity index (χ0v) is 9.98. The molecule has 82 valence electrons. The van der Waals surface area contributed by atoms with E-state index in [1.165, 1.54) is 16.7 Å². The highest BCUT2D eigenvalue weighted by Crippen LogP contribution is 2.17. The fourth-order valence-electron chi connectivity index (χ4n) is 1.74. The molecule has 0 nitrogen and oxygen atoms in total. The van der Waals surface area contributed by atoms with Crippen LogP contribution in [0.5, 0.6) is 0 Å². The van der Waals surface area contributed by atoms with E-state index in [2.05, 4.69) is 68.5 Å². The minimum atomic E-state index is 0.691. The molecule has 1 atom stereocenters. The average molecular weight is 210 g/mol. The van der Waals surface area contributed by atoms with Crippen molar-refractivity contribution in [3.63, 3.8) is 0 Å². The Labute approximate surface area is 98.0 Å². The summed E-state index contributed by atoms with van der Waals surface area (Å²) in [4.78, 5) is 0. The highest BCUT2D eigenvalue weighted by atomic mass is 14.1. The van der Waals surface area contributed by atoms with Gasteiger partial charge >= 0.3 is 0 Å². The van der Waals surface area contributed by atoms with Crippen LogP contribution in [-0.2, 0) is 0 Å². The molecule has 0 heterocycles. The lowest BCUT2D eigenvalue weighted by molar-refractivity contribution is 0.733. The lowest BCUT2D eigenvalue weighted by Crippen LogP contribution is -1.92. The molecular weight excluding hydrogens is 192 g/mol. The molecule has 0 heteroatoms. The third-order valence-electron chi connectivity index (χ3n) is 2.89. The Bertz CT molecular complexity index is 430. The summed E-state index contributed by atoms with van der Waals surface area (Å²) in [6.45, 7) is 4.36. The Morgan fingerprint density at radius 3 is 2.50 bits per heavy atom. The van der Waals surface area contributed by atoms with Gasteiger partial charge in [0.15, 0.2) is 0 Å². The van der Waals surface area contributed by atoms with Gasteiger partial charge in [0, 0.05) is 0 Å². The topological polar surface area (TPSA) is 0 Å². The molecule has 2 rings (SSSR count). The molecule has 0 amide bonds. The van der Waals surface area contributed by atoms with Crippen molar-refractivity contribution >= 4 is 6.08 Å². The smallest absolute Gasteiger partial charge is 0.0224 e. The predicted octanol–water partition coefficient (Wildman–Crippen LogP) is 4.53. The Morgan fingerprint density at radius 2 is 1.88 bits per heavy atom. The number of hydrogen-bond acceptors (Lipinski definition) is 0. The van der Waals surface area contributed by atoms with Crippen molar-refractivity contribution in [2.75, 3.05) is 0 Å². The van der Waals surface area contributed by atoms with Gasteiger partial charge in [0.1, 0.15) is 0 Å². The summed E-state index contributed by atoms with van der Waals surface area (Å²) in [5.41, 5.74) is 3.89. The maximum absolute atomic E-state index is 2.30. The molecule has 1 aliphatic rings. The van der Waals surface area contributed by atoms with Crippen LogP contribution in [0.15, 0.2) is 54.1 Å². The summed E-state index contributed by atoms with van der Waals surface area (Å²) in [5.74, 6) is 0.691. The zero-order valence-electron chi connectivity index (χ0n) is 9.98. The number of rotatable bonds is 2. The van der Waals surface area contributed by atoms with E-state index < -0.39 is 0 Å². The van der Waals surface area contributed by atoms with Crippen LogP contribution in [0.25, 0.3) is 6.08 Å². The lowest BCUT2D eigenvalue weighted by atomic mass is 9.98. The highest BCUT2D eigenvalue weighted by molar-refractivity contribution is 5.55. The summed E-state index contributed by atoms with van der Waals surface area (Å²) in [5, 5.41) is 0. The molecule has 1 aromatic carbocycles. The SMILES string of the molecule is Cc1ccc(/C=C/C2=CCC(C)C=C2)cc1. The number of allylic oxidation sites excluding steroid dienone is 5. The molecule has 1 unspecified atom stereocenters. The molecular formula is C16H18. The van der Waals surface area contributed by atoms with Gasteiger partial charge in [-0.15, -0.1) is 0 Å². The van der Waals surface area contributed by atoms with Gasteiger partial charge in [-0.2, -0.15) is 0 Å². The second-order valence-electron chi connectivity index (χ2n) is 4.52. The Morgan fingerprint density at radius 1 is 1.12 bits per heavy atom. The fourth-order valence-corrected chi connectivity index (χ4v) is 1.74. The third kappa shape index (κ3) is 2.96. The van der Waals surface area contributed by atoms with Gasteiger partial charge in [-0.3, -0.25) is 0 Å². The van der Waals surface area contributed by atoms with Crippen molar-refractivity contribution in [2.45, 2.75) is 20.3 Å². The first-order valence-electron chi connectivity index (χ1n) is 5.87. The minimum Gasteiger partial charge on any atom is -0.0808 e. The van der Waals surface area contributed by atoms with Gasteiger partial charge in [-0.25, -0.2) is 0 Å². The molecule has 0 radical (unpaired) electrons. The molecule has 0 fully saturated rings. The van der Waals surface area contributed by atoms with Crippen molar-refractivity contribution < 1.29 is 0 Å². The normalized spacial score (nSPS) is 20.1. The standard InChI is InChI=1S/C16H18/c1-13-3-7-15(8-4-13)11-12-16-9-5-14(2)6-10-16/h3-5,7-12,14H,6H2,1-2H3/b12-11+. The molecule has 0 bridgehead atoms. The molecule has 16 heavy (non-hydrogen) atoms. The first-order chi connectivity index (χ1) is 7.74. The average Bonchev–Trinajstić information content (AvgIpc) is 2.30. The van der Waals surface area contributed by atoms with Crippen molar-refractivity contribution in [2.24, 2.45) is 5.92 Å². The van der Waals surface area contributed by atoms with Crippen molar-refractivity contribution in [3.05, 3.63) is 65.3 Å². The molecule has 0 saturated carbocycles. The second kappa shape index (κ2) is 4.98. The van der Waals surface area contributed by atoms with E-state index >= 15 is 0 Å². The van der Waals surface area contributed by atoms with E-state index in [1.54, 1.807) is 0 Å². The quantitative estimate of drug-likeness (QED) is 0.672. The van der Waals surface area contributed by atoms with Crippen LogP contribution in [0.4, 0.5) is 0 Å². The van der Waals surface area contributed by atoms with Crippen LogP contribution < -0.4 is 0 Å². The largest absolute Gasteiger partial charge is 0.0808 e. The van der Waals surface area contributed by atoms with Gasteiger partial charge in [0.25, 0.3) is 0 Å². The number of hydrogen-bond donors (Lipinski definition) is 0. The number of benzene rings is 1. The van der Waals surface area contributed by atoms with E-state index in [0.29, 0.717) is 5.92 Å². The van der Waals surface area contributed by atoms with Gasteiger partial charge in [-0.1, -0.05) is 67.1 Å². The Hall–Kier alpha value is -1.56. The first kappa shape index (κ1) is 10.9. The highest BCUT2D eigenvalue weighted by Gasteiger charge is 2.00. The van der Waals surface area contributed by atoms with Crippen LogP contribution in [0.2, 0.25) is 0 Å². The van der Waals surface area contributed by atoms with E-state index in [1.807, 2.05) is 0 Å².